The SMILES string of the molecule is CCOc1ccccc1NC(=O)c1ccc(N)c(OC)c1. The van der Waals surface area contributed by atoms with Crippen molar-refractivity contribution in [2.24, 2.45) is 0 Å². The van der Waals surface area contributed by atoms with Crippen LogP contribution in [-0.2, 0) is 0 Å². The lowest BCUT2D eigenvalue weighted by atomic mass is 10.1. The molecular weight excluding hydrogens is 268 g/mol. The Morgan fingerprint density at radius 2 is 1.95 bits per heavy atom. The Balaban J connectivity index is 2.22. The van der Waals surface area contributed by atoms with Crippen LogP contribution in [0.3, 0.4) is 0 Å². The predicted octanol–water partition coefficient (Wildman–Crippen LogP) is 2.93. The summed E-state index contributed by atoms with van der Waals surface area (Å²) < 4.78 is 10.6. The maximum absolute atomic E-state index is 12.3. The number of amides is 1. The largest absolute Gasteiger partial charge is 0.495 e. The van der Waals surface area contributed by atoms with Gasteiger partial charge in [-0.2, -0.15) is 0 Å². The summed E-state index contributed by atoms with van der Waals surface area (Å²) >= 11 is 0. The fraction of sp³-hybridized carbons (Fsp3) is 0.188. The molecule has 0 aliphatic carbocycles. The van der Waals surface area contributed by atoms with Crippen molar-refractivity contribution in [1.82, 2.24) is 0 Å². The summed E-state index contributed by atoms with van der Waals surface area (Å²) in [5.41, 5.74) is 7.32. The van der Waals surface area contributed by atoms with E-state index in [1.807, 2.05) is 25.1 Å². The Morgan fingerprint density at radius 1 is 1.19 bits per heavy atom. The summed E-state index contributed by atoms with van der Waals surface area (Å²) in [4.78, 5) is 12.3. The first-order valence-electron chi connectivity index (χ1n) is 6.62. The van der Waals surface area contributed by atoms with Crippen molar-refractivity contribution in [1.29, 1.82) is 0 Å². The maximum atomic E-state index is 12.3. The van der Waals surface area contributed by atoms with Gasteiger partial charge in [0.05, 0.1) is 25.1 Å². The average Bonchev–Trinajstić information content (AvgIpc) is 2.50. The Bertz CT molecular complexity index is 641. The molecule has 21 heavy (non-hydrogen) atoms. The molecule has 5 heteroatoms. The molecule has 0 unspecified atom stereocenters. The van der Waals surface area contributed by atoms with Gasteiger partial charge in [-0.15, -0.1) is 0 Å². The zero-order valence-electron chi connectivity index (χ0n) is 12.1. The number of nitrogens with one attached hydrogen (secondary N) is 1. The smallest absolute Gasteiger partial charge is 0.255 e. The number of carbonyl (C=O) groups is 1. The minimum Gasteiger partial charge on any atom is -0.495 e. The van der Waals surface area contributed by atoms with Gasteiger partial charge in [0.15, 0.2) is 0 Å². The Morgan fingerprint density at radius 3 is 2.67 bits per heavy atom. The number of benzene rings is 2. The first kappa shape index (κ1) is 14.7. The van der Waals surface area contributed by atoms with Crippen LogP contribution in [0.2, 0.25) is 0 Å². The van der Waals surface area contributed by atoms with Crippen LogP contribution in [0.5, 0.6) is 11.5 Å². The van der Waals surface area contributed by atoms with Gasteiger partial charge >= 0.3 is 0 Å². The highest BCUT2D eigenvalue weighted by molar-refractivity contribution is 6.05. The number of hydrogen-bond donors (Lipinski definition) is 2. The summed E-state index contributed by atoms with van der Waals surface area (Å²) in [6, 6.07) is 12.2. The Labute approximate surface area is 123 Å². The van der Waals surface area contributed by atoms with E-state index in [4.69, 9.17) is 15.2 Å². The molecule has 0 aliphatic rings. The second kappa shape index (κ2) is 6.65. The van der Waals surface area contributed by atoms with E-state index < -0.39 is 0 Å². The average molecular weight is 286 g/mol. The van der Waals surface area contributed by atoms with E-state index in [1.54, 1.807) is 24.3 Å². The zero-order valence-corrected chi connectivity index (χ0v) is 12.1. The van der Waals surface area contributed by atoms with Crippen LogP contribution < -0.4 is 20.5 Å². The summed E-state index contributed by atoms with van der Waals surface area (Å²) in [5, 5.41) is 2.82. The molecule has 0 fully saturated rings. The molecule has 2 rings (SSSR count). The fourth-order valence-electron chi connectivity index (χ4n) is 1.90. The van der Waals surface area contributed by atoms with Crippen LogP contribution in [0.1, 0.15) is 17.3 Å². The third-order valence-corrected chi connectivity index (χ3v) is 2.93. The van der Waals surface area contributed by atoms with E-state index in [1.165, 1.54) is 7.11 Å². The van der Waals surface area contributed by atoms with Crippen LogP contribution in [-0.4, -0.2) is 19.6 Å². The van der Waals surface area contributed by atoms with E-state index in [0.717, 1.165) is 0 Å². The van der Waals surface area contributed by atoms with E-state index >= 15 is 0 Å². The van der Waals surface area contributed by atoms with Gasteiger partial charge in [-0.3, -0.25) is 4.79 Å². The van der Waals surface area contributed by atoms with Crippen LogP contribution in [0.4, 0.5) is 11.4 Å². The van der Waals surface area contributed by atoms with E-state index in [0.29, 0.717) is 35.0 Å². The molecule has 0 aromatic heterocycles. The number of anilines is 2. The summed E-state index contributed by atoms with van der Waals surface area (Å²) in [7, 11) is 1.51. The molecule has 110 valence electrons. The highest BCUT2D eigenvalue weighted by Gasteiger charge is 2.11. The summed E-state index contributed by atoms with van der Waals surface area (Å²) in [5.74, 6) is 0.858. The molecule has 0 aliphatic heterocycles. The lowest BCUT2D eigenvalue weighted by Crippen LogP contribution is -2.13. The first-order valence-corrected chi connectivity index (χ1v) is 6.62. The first-order chi connectivity index (χ1) is 10.2. The molecule has 2 aromatic rings. The van der Waals surface area contributed by atoms with Crippen molar-refractivity contribution in [3.05, 3.63) is 48.0 Å². The van der Waals surface area contributed by atoms with E-state index in [-0.39, 0.29) is 5.91 Å². The third-order valence-electron chi connectivity index (χ3n) is 2.93. The van der Waals surface area contributed by atoms with Crippen LogP contribution in [0.25, 0.3) is 0 Å². The molecule has 0 saturated heterocycles. The number of carbonyl (C=O) groups excluding carboxylic acids is 1. The fourth-order valence-corrected chi connectivity index (χ4v) is 1.90. The number of methoxy groups -OCH3 is 1. The minimum absolute atomic E-state index is 0.250. The molecule has 0 saturated carbocycles. The monoisotopic (exact) mass is 286 g/mol. The standard InChI is InChI=1S/C16H18N2O3/c1-3-21-14-7-5-4-6-13(14)18-16(19)11-8-9-12(17)15(10-11)20-2/h4-10H,3,17H2,1-2H3,(H,18,19). The molecule has 2 aromatic carbocycles. The number of ether oxygens (including phenoxy) is 2. The molecule has 0 bridgehead atoms. The maximum Gasteiger partial charge on any atom is 0.255 e. The van der Waals surface area contributed by atoms with Crippen molar-refractivity contribution in [3.63, 3.8) is 0 Å². The lowest BCUT2D eigenvalue weighted by Gasteiger charge is -2.12. The predicted molar refractivity (Wildman–Crippen MR) is 83.0 cm³/mol. The highest BCUT2D eigenvalue weighted by atomic mass is 16.5. The van der Waals surface area contributed by atoms with Gasteiger partial charge in [0, 0.05) is 5.56 Å². The minimum atomic E-state index is -0.250. The van der Waals surface area contributed by atoms with Crippen molar-refractivity contribution in [2.45, 2.75) is 6.92 Å². The Kier molecular flexibility index (Phi) is 4.66. The van der Waals surface area contributed by atoms with Crippen LogP contribution >= 0.6 is 0 Å². The lowest BCUT2D eigenvalue weighted by molar-refractivity contribution is 0.102. The van der Waals surface area contributed by atoms with E-state index in [2.05, 4.69) is 5.32 Å². The van der Waals surface area contributed by atoms with Crippen LogP contribution in [0, 0.1) is 0 Å². The quantitative estimate of drug-likeness (QED) is 0.829. The van der Waals surface area contributed by atoms with Gasteiger partial charge in [-0.05, 0) is 37.3 Å². The molecule has 1 amide bonds. The number of nitrogens with two attached hydrogens (primary N) is 1. The molecule has 0 spiro atoms. The van der Waals surface area contributed by atoms with Crippen LogP contribution in [0.15, 0.2) is 42.5 Å². The summed E-state index contributed by atoms with van der Waals surface area (Å²) in [6.07, 6.45) is 0. The van der Waals surface area contributed by atoms with Gasteiger partial charge < -0.3 is 20.5 Å². The normalized spacial score (nSPS) is 10.0. The van der Waals surface area contributed by atoms with Crippen molar-refractivity contribution in [3.8, 4) is 11.5 Å². The molecule has 5 nitrogen and oxygen atoms in total. The van der Waals surface area contributed by atoms with Crippen molar-refractivity contribution >= 4 is 17.3 Å². The Hall–Kier alpha value is -2.69. The van der Waals surface area contributed by atoms with Gasteiger partial charge in [0.25, 0.3) is 5.91 Å². The van der Waals surface area contributed by atoms with E-state index in [9.17, 15) is 4.79 Å². The van der Waals surface area contributed by atoms with Gasteiger partial charge in [0.1, 0.15) is 11.5 Å². The van der Waals surface area contributed by atoms with Gasteiger partial charge in [-0.1, -0.05) is 12.1 Å². The third kappa shape index (κ3) is 3.45. The van der Waals surface area contributed by atoms with Gasteiger partial charge in [0.2, 0.25) is 0 Å². The highest BCUT2D eigenvalue weighted by Crippen LogP contribution is 2.26. The topological polar surface area (TPSA) is 73.6 Å². The van der Waals surface area contributed by atoms with Crippen molar-refractivity contribution in [2.75, 3.05) is 24.8 Å². The molecule has 0 heterocycles. The second-order valence-electron chi connectivity index (χ2n) is 4.34. The molecular formula is C16H18N2O3. The number of rotatable bonds is 5. The molecule has 0 radical (unpaired) electrons. The molecule has 3 N–H and O–H groups in total. The molecule has 0 atom stereocenters. The zero-order chi connectivity index (χ0) is 15.2. The number of hydrogen-bond acceptors (Lipinski definition) is 4. The van der Waals surface area contributed by atoms with Gasteiger partial charge in [-0.25, -0.2) is 0 Å². The van der Waals surface area contributed by atoms with Crippen molar-refractivity contribution < 1.29 is 14.3 Å². The number of nitrogen functional groups attached to an aromatic ring is 1. The second-order valence-corrected chi connectivity index (χ2v) is 4.34. The summed E-state index contributed by atoms with van der Waals surface area (Å²) in [6.45, 7) is 2.42. The number of para-hydroxylation sites is 2.